The summed E-state index contributed by atoms with van der Waals surface area (Å²) in [6, 6.07) is 5.19. The first-order chi connectivity index (χ1) is 8.03. The Kier molecular flexibility index (Phi) is 2.79. The van der Waals surface area contributed by atoms with Crippen LogP contribution in [0.25, 0.3) is 0 Å². The molecular formula is C13H14O4. The molecule has 17 heavy (non-hydrogen) atoms. The number of carbonyl (C=O) groups excluding carboxylic acids is 1. The summed E-state index contributed by atoms with van der Waals surface area (Å²) in [4.78, 5) is 11.9. The molecule has 0 spiro atoms. The Morgan fingerprint density at radius 1 is 1.41 bits per heavy atom. The van der Waals surface area contributed by atoms with Crippen molar-refractivity contribution >= 4 is 5.97 Å². The van der Waals surface area contributed by atoms with Gasteiger partial charge in [-0.15, -0.1) is 0 Å². The molecule has 1 aromatic carbocycles. The maximum atomic E-state index is 11.9. The van der Waals surface area contributed by atoms with Crippen LogP contribution in [0.2, 0.25) is 0 Å². The van der Waals surface area contributed by atoms with Gasteiger partial charge in [-0.25, -0.2) is 4.79 Å². The van der Waals surface area contributed by atoms with Crippen LogP contribution in [-0.2, 0) is 4.74 Å². The first kappa shape index (κ1) is 11.5. The lowest BCUT2D eigenvalue weighted by Crippen LogP contribution is -2.39. The van der Waals surface area contributed by atoms with Crippen LogP contribution in [0.1, 0.15) is 24.2 Å². The van der Waals surface area contributed by atoms with Gasteiger partial charge in [-0.2, -0.15) is 0 Å². The Morgan fingerprint density at radius 2 is 2.18 bits per heavy atom. The smallest absolute Gasteiger partial charge is 0.349 e. The van der Waals surface area contributed by atoms with E-state index in [9.17, 15) is 4.79 Å². The van der Waals surface area contributed by atoms with Gasteiger partial charge in [0.05, 0.1) is 0 Å². The molecule has 0 aromatic heterocycles. The van der Waals surface area contributed by atoms with Gasteiger partial charge in [-0.1, -0.05) is 18.7 Å². The fraction of sp³-hybridized carbons (Fsp3) is 0.308. The zero-order chi connectivity index (χ0) is 12.5. The summed E-state index contributed by atoms with van der Waals surface area (Å²) in [6.45, 7) is 7.26. The predicted molar refractivity (Wildman–Crippen MR) is 62.3 cm³/mol. The topological polar surface area (TPSA) is 44.8 Å². The van der Waals surface area contributed by atoms with E-state index in [1.54, 1.807) is 38.1 Å². The normalized spacial score (nSPS) is 16.5. The highest BCUT2D eigenvalue weighted by Crippen LogP contribution is 2.36. The molecule has 90 valence electrons. The molecule has 0 saturated carbocycles. The number of benzene rings is 1. The third-order valence-corrected chi connectivity index (χ3v) is 2.24. The average Bonchev–Trinajstić information content (AvgIpc) is 2.23. The summed E-state index contributed by atoms with van der Waals surface area (Å²) in [6.07, 6.45) is 1.61. The number of esters is 1. The molecule has 0 fully saturated rings. The number of rotatable bonds is 3. The third-order valence-electron chi connectivity index (χ3n) is 2.24. The molecule has 0 saturated heterocycles. The Morgan fingerprint density at radius 3 is 2.88 bits per heavy atom. The molecule has 1 aliphatic heterocycles. The van der Waals surface area contributed by atoms with Gasteiger partial charge in [0.15, 0.2) is 0 Å². The van der Waals surface area contributed by atoms with Crippen LogP contribution >= 0.6 is 0 Å². The molecule has 1 aliphatic rings. The molecule has 0 amide bonds. The van der Waals surface area contributed by atoms with Crippen LogP contribution in [0.15, 0.2) is 30.9 Å². The van der Waals surface area contributed by atoms with Gasteiger partial charge in [-0.05, 0) is 12.1 Å². The lowest BCUT2D eigenvalue weighted by molar-refractivity contribution is -0.127. The fourth-order valence-electron chi connectivity index (χ4n) is 1.63. The zero-order valence-corrected chi connectivity index (χ0v) is 9.86. The summed E-state index contributed by atoms with van der Waals surface area (Å²) >= 11 is 0. The van der Waals surface area contributed by atoms with Gasteiger partial charge >= 0.3 is 5.97 Å². The first-order valence-electron chi connectivity index (χ1n) is 5.32. The summed E-state index contributed by atoms with van der Waals surface area (Å²) in [7, 11) is 0. The molecule has 4 heteroatoms. The van der Waals surface area contributed by atoms with Crippen molar-refractivity contribution in [2.24, 2.45) is 0 Å². The lowest BCUT2D eigenvalue weighted by atomic mass is 10.1. The Hall–Kier alpha value is -1.97. The van der Waals surface area contributed by atoms with E-state index in [4.69, 9.17) is 14.2 Å². The van der Waals surface area contributed by atoms with Crippen LogP contribution < -0.4 is 9.47 Å². The summed E-state index contributed by atoms with van der Waals surface area (Å²) in [5.41, 5.74) is 0.327. The van der Waals surface area contributed by atoms with Crippen LogP contribution in [0, 0.1) is 0 Å². The summed E-state index contributed by atoms with van der Waals surface area (Å²) in [5.74, 6) is -0.451. The van der Waals surface area contributed by atoms with E-state index in [-0.39, 0.29) is 0 Å². The zero-order valence-electron chi connectivity index (χ0n) is 9.86. The molecular weight excluding hydrogens is 220 g/mol. The SMILES string of the molecule is C=CCOc1cccc2c1C(=O)OC(C)(C)O2. The van der Waals surface area contributed by atoms with Crippen LogP contribution in [0.5, 0.6) is 11.5 Å². The number of cyclic esters (lactones) is 1. The molecule has 0 radical (unpaired) electrons. The fourth-order valence-corrected chi connectivity index (χ4v) is 1.63. The maximum Gasteiger partial charge on any atom is 0.349 e. The van der Waals surface area contributed by atoms with Crippen molar-refractivity contribution in [1.82, 2.24) is 0 Å². The molecule has 0 unspecified atom stereocenters. The number of hydrogen-bond donors (Lipinski definition) is 0. The number of carbonyl (C=O) groups is 1. The molecule has 1 heterocycles. The molecule has 0 aliphatic carbocycles. The first-order valence-corrected chi connectivity index (χ1v) is 5.32. The number of ether oxygens (including phenoxy) is 3. The van der Waals surface area contributed by atoms with Gasteiger partial charge in [0, 0.05) is 13.8 Å². The highest BCUT2D eigenvalue weighted by molar-refractivity contribution is 5.96. The minimum Gasteiger partial charge on any atom is -0.488 e. The van der Waals surface area contributed by atoms with E-state index in [0.29, 0.717) is 23.7 Å². The van der Waals surface area contributed by atoms with E-state index in [2.05, 4.69) is 6.58 Å². The standard InChI is InChI=1S/C13H14O4/c1-4-8-15-9-6-5-7-10-11(9)12(14)17-13(2,3)16-10/h4-7H,1,8H2,2-3H3. The van der Waals surface area contributed by atoms with Crippen molar-refractivity contribution in [3.63, 3.8) is 0 Å². The highest BCUT2D eigenvalue weighted by Gasteiger charge is 2.35. The summed E-state index contributed by atoms with van der Waals surface area (Å²) < 4.78 is 16.1. The van der Waals surface area contributed by atoms with Crippen LogP contribution in [-0.4, -0.2) is 18.4 Å². The second-order valence-corrected chi connectivity index (χ2v) is 4.12. The summed E-state index contributed by atoms with van der Waals surface area (Å²) in [5, 5.41) is 0. The maximum absolute atomic E-state index is 11.9. The lowest BCUT2D eigenvalue weighted by Gasteiger charge is -2.32. The van der Waals surface area contributed by atoms with Crippen molar-refractivity contribution in [1.29, 1.82) is 0 Å². The predicted octanol–water partition coefficient (Wildman–Crippen LogP) is 2.54. The monoisotopic (exact) mass is 234 g/mol. The number of hydrogen-bond acceptors (Lipinski definition) is 4. The average molecular weight is 234 g/mol. The highest BCUT2D eigenvalue weighted by atomic mass is 16.7. The van der Waals surface area contributed by atoms with E-state index in [1.807, 2.05) is 0 Å². The number of fused-ring (bicyclic) bond motifs is 1. The van der Waals surface area contributed by atoms with Gasteiger partial charge in [0.25, 0.3) is 0 Å². The second-order valence-electron chi connectivity index (χ2n) is 4.12. The molecule has 0 atom stereocenters. The minimum atomic E-state index is -0.943. The molecule has 4 nitrogen and oxygen atoms in total. The van der Waals surface area contributed by atoms with Gasteiger partial charge in [0.2, 0.25) is 5.79 Å². The van der Waals surface area contributed by atoms with Crippen LogP contribution in [0.3, 0.4) is 0 Å². The molecule has 0 bridgehead atoms. The second kappa shape index (κ2) is 4.13. The Bertz CT molecular complexity index is 462. The largest absolute Gasteiger partial charge is 0.488 e. The third kappa shape index (κ3) is 2.25. The minimum absolute atomic E-state index is 0.327. The quantitative estimate of drug-likeness (QED) is 0.595. The van der Waals surface area contributed by atoms with Crippen molar-refractivity contribution in [2.75, 3.05) is 6.61 Å². The van der Waals surface area contributed by atoms with E-state index < -0.39 is 11.8 Å². The van der Waals surface area contributed by atoms with Gasteiger partial charge in [0.1, 0.15) is 23.7 Å². The van der Waals surface area contributed by atoms with Crippen molar-refractivity contribution in [3.05, 3.63) is 36.4 Å². The van der Waals surface area contributed by atoms with Crippen molar-refractivity contribution < 1.29 is 19.0 Å². The molecule has 0 N–H and O–H groups in total. The van der Waals surface area contributed by atoms with Gasteiger partial charge < -0.3 is 14.2 Å². The Labute approximate surface area is 99.8 Å². The molecule has 2 rings (SSSR count). The molecule has 1 aromatic rings. The van der Waals surface area contributed by atoms with Crippen molar-refractivity contribution in [2.45, 2.75) is 19.6 Å². The van der Waals surface area contributed by atoms with Crippen molar-refractivity contribution in [3.8, 4) is 11.5 Å². The van der Waals surface area contributed by atoms with E-state index in [1.165, 1.54) is 0 Å². The van der Waals surface area contributed by atoms with Gasteiger partial charge in [-0.3, -0.25) is 0 Å². The van der Waals surface area contributed by atoms with E-state index in [0.717, 1.165) is 0 Å². The van der Waals surface area contributed by atoms with E-state index >= 15 is 0 Å². The Balaban J connectivity index is 2.41. The van der Waals surface area contributed by atoms with Crippen LogP contribution in [0.4, 0.5) is 0 Å².